The van der Waals surface area contributed by atoms with E-state index in [1.54, 1.807) is 35.7 Å². The number of benzene rings is 1. The van der Waals surface area contributed by atoms with Gasteiger partial charge in [0.05, 0.1) is 17.3 Å². The van der Waals surface area contributed by atoms with Crippen LogP contribution >= 0.6 is 11.3 Å². The van der Waals surface area contributed by atoms with Crippen LogP contribution in [0.5, 0.6) is 0 Å². The van der Waals surface area contributed by atoms with Gasteiger partial charge in [-0.15, -0.1) is 11.3 Å². The lowest BCUT2D eigenvalue weighted by molar-refractivity contribution is -0.112. The molecule has 3 N–H and O–H groups in total. The SMILES string of the molecule is N#C/C(=C\c1ccc(C#N)cc1)C(=O)Nc1ccsc1C(N)=O. The van der Waals surface area contributed by atoms with Crippen LogP contribution in [0.25, 0.3) is 6.08 Å². The maximum atomic E-state index is 12.1. The molecule has 0 spiro atoms. The van der Waals surface area contributed by atoms with Crippen LogP contribution in [0, 0.1) is 22.7 Å². The average Bonchev–Trinajstić information content (AvgIpc) is 3.01. The molecule has 112 valence electrons. The van der Waals surface area contributed by atoms with Crippen LogP contribution in [0.3, 0.4) is 0 Å². The van der Waals surface area contributed by atoms with Gasteiger partial charge in [-0.3, -0.25) is 9.59 Å². The summed E-state index contributed by atoms with van der Waals surface area (Å²) in [6.45, 7) is 0. The quantitative estimate of drug-likeness (QED) is 0.662. The molecule has 0 aliphatic carbocycles. The van der Waals surface area contributed by atoms with Gasteiger partial charge >= 0.3 is 0 Å². The molecule has 23 heavy (non-hydrogen) atoms. The number of nitriles is 2. The summed E-state index contributed by atoms with van der Waals surface area (Å²) in [6.07, 6.45) is 1.40. The highest BCUT2D eigenvalue weighted by Gasteiger charge is 2.15. The molecule has 0 saturated carbocycles. The summed E-state index contributed by atoms with van der Waals surface area (Å²) in [7, 11) is 0. The van der Waals surface area contributed by atoms with E-state index in [2.05, 4.69) is 5.32 Å². The largest absolute Gasteiger partial charge is 0.365 e. The summed E-state index contributed by atoms with van der Waals surface area (Å²) >= 11 is 1.10. The molecule has 2 rings (SSSR count). The molecular weight excluding hydrogens is 312 g/mol. The Morgan fingerprint density at radius 2 is 1.87 bits per heavy atom. The van der Waals surface area contributed by atoms with E-state index < -0.39 is 11.8 Å². The van der Waals surface area contributed by atoms with Gasteiger partial charge in [-0.2, -0.15) is 10.5 Å². The number of anilines is 1. The Kier molecular flexibility index (Phi) is 4.88. The monoisotopic (exact) mass is 322 g/mol. The first-order chi connectivity index (χ1) is 11.0. The molecule has 0 atom stereocenters. The summed E-state index contributed by atoms with van der Waals surface area (Å²) in [6, 6.07) is 11.8. The lowest BCUT2D eigenvalue weighted by Gasteiger charge is -2.04. The maximum Gasteiger partial charge on any atom is 0.266 e. The van der Waals surface area contributed by atoms with Crippen molar-refractivity contribution in [3.8, 4) is 12.1 Å². The van der Waals surface area contributed by atoms with Gasteiger partial charge < -0.3 is 11.1 Å². The van der Waals surface area contributed by atoms with E-state index in [0.717, 1.165) is 11.3 Å². The van der Waals surface area contributed by atoms with Gasteiger partial charge in [-0.1, -0.05) is 12.1 Å². The second-order valence-corrected chi connectivity index (χ2v) is 5.30. The topological polar surface area (TPSA) is 120 Å². The molecule has 1 heterocycles. The van der Waals surface area contributed by atoms with Crippen LogP contribution in [0.15, 0.2) is 41.3 Å². The predicted molar refractivity (Wildman–Crippen MR) is 86.2 cm³/mol. The molecule has 0 aliphatic heterocycles. The number of amides is 2. The fourth-order valence-corrected chi connectivity index (χ4v) is 2.46. The normalized spacial score (nSPS) is 10.4. The standard InChI is InChI=1S/C16H10N4O2S/c17-8-11-3-1-10(2-4-11)7-12(9-18)16(22)20-13-5-6-23-14(13)15(19)21/h1-7H,(H2,19,21)(H,20,22)/b12-7+. The predicted octanol–water partition coefficient (Wildman–Crippen LogP) is 2.26. The molecule has 1 aromatic heterocycles. The first-order valence-corrected chi connectivity index (χ1v) is 7.23. The van der Waals surface area contributed by atoms with E-state index in [9.17, 15) is 9.59 Å². The molecule has 0 unspecified atom stereocenters. The van der Waals surface area contributed by atoms with Crippen LogP contribution in [0.1, 0.15) is 20.8 Å². The van der Waals surface area contributed by atoms with Gasteiger partial charge in [0.1, 0.15) is 16.5 Å². The summed E-state index contributed by atoms with van der Waals surface area (Å²) in [5.41, 5.74) is 6.44. The summed E-state index contributed by atoms with van der Waals surface area (Å²) < 4.78 is 0. The molecule has 0 fully saturated rings. The van der Waals surface area contributed by atoms with Crippen molar-refractivity contribution in [3.05, 3.63) is 57.3 Å². The second-order valence-electron chi connectivity index (χ2n) is 4.39. The first-order valence-electron chi connectivity index (χ1n) is 6.35. The van der Waals surface area contributed by atoms with Gasteiger partial charge in [-0.05, 0) is 35.2 Å². The van der Waals surface area contributed by atoms with Crippen molar-refractivity contribution < 1.29 is 9.59 Å². The molecule has 0 radical (unpaired) electrons. The number of thiophene rings is 1. The molecular formula is C16H10N4O2S. The zero-order chi connectivity index (χ0) is 16.8. The Balaban J connectivity index is 2.23. The number of hydrogen-bond acceptors (Lipinski definition) is 5. The Morgan fingerprint density at radius 1 is 1.17 bits per heavy atom. The van der Waals surface area contributed by atoms with E-state index >= 15 is 0 Å². The Morgan fingerprint density at radius 3 is 2.43 bits per heavy atom. The fraction of sp³-hybridized carbons (Fsp3) is 0. The number of hydrogen-bond donors (Lipinski definition) is 2. The number of nitrogens with one attached hydrogen (secondary N) is 1. The number of rotatable bonds is 4. The zero-order valence-electron chi connectivity index (χ0n) is 11.7. The molecule has 6 nitrogen and oxygen atoms in total. The molecule has 1 aromatic carbocycles. The van der Waals surface area contributed by atoms with Crippen molar-refractivity contribution in [2.75, 3.05) is 5.32 Å². The van der Waals surface area contributed by atoms with E-state index in [1.165, 1.54) is 6.08 Å². The number of primary amides is 1. The van der Waals surface area contributed by atoms with Crippen LogP contribution in [-0.4, -0.2) is 11.8 Å². The summed E-state index contributed by atoms with van der Waals surface area (Å²) in [5.74, 6) is -1.29. The smallest absolute Gasteiger partial charge is 0.266 e. The Bertz CT molecular complexity index is 867. The highest BCUT2D eigenvalue weighted by molar-refractivity contribution is 7.12. The first kappa shape index (κ1) is 16.0. The third kappa shape index (κ3) is 3.82. The van der Waals surface area contributed by atoms with Gasteiger partial charge in [0.25, 0.3) is 11.8 Å². The van der Waals surface area contributed by atoms with Gasteiger partial charge in [0.15, 0.2) is 0 Å². The van der Waals surface area contributed by atoms with Crippen LogP contribution in [0.2, 0.25) is 0 Å². The van der Waals surface area contributed by atoms with Crippen LogP contribution in [0.4, 0.5) is 5.69 Å². The number of nitrogens with zero attached hydrogens (tertiary/aromatic N) is 2. The van der Waals surface area contributed by atoms with E-state index in [-0.39, 0.29) is 16.1 Å². The lowest BCUT2D eigenvalue weighted by Crippen LogP contribution is -2.17. The van der Waals surface area contributed by atoms with E-state index in [0.29, 0.717) is 11.1 Å². The van der Waals surface area contributed by atoms with Gasteiger partial charge in [0.2, 0.25) is 0 Å². The average molecular weight is 322 g/mol. The summed E-state index contributed by atoms with van der Waals surface area (Å²) in [5, 5.41) is 22.0. The minimum Gasteiger partial charge on any atom is -0.365 e. The highest BCUT2D eigenvalue weighted by Crippen LogP contribution is 2.22. The third-order valence-electron chi connectivity index (χ3n) is 2.85. The van der Waals surface area contributed by atoms with Gasteiger partial charge in [-0.25, -0.2) is 0 Å². The molecule has 2 aromatic rings. The van der Waals surface area contributed by atoms with Crippen LogP contribution < -0.4 is 11.1 Å². The van der Waals surface area contributed by atoms with Crippen LogP contribution in [-0.2, 0) is 4.79 Å². The molecule has 0 bridgehead atoms. The molecule has 0 saturated heterocycles. The van der Waals surface area contributed by atoms with Crippen molar-refractivity contribution in [2.24, 2.45) is 5.73 Å². The Labute approximate surface area is 136 Å². The van der Waals surface area contributed by atoms with E-state index in [4.69, 9.17) is 16.3 Å². The summed E-state index contributed by atoms with van der Waals surface area (Å²) in [4.78, 5) is 23.6. The highest BCUT2D eigenvalue weighted by atomic mass is 32.1. The second kappa shape index (κ2) is 7.03. The van der Waals surface area contributed by atoms with Crippen molar-refractivity contribution in [1.82, 2.24) is 0 Å². The minimum absolute atomic E-state index is 0.128. The Hall–Kier alpha value is -3.42. The van der Waals surface area contributed by atoms with Gasteiger partial charge in [0, 0.05) is 0 Å². The molecule has 7 heteroatoms. The maximum absolute atomic E-state index is 12.1. The number of nitrogens with two attached hydrogens (primary N) is 1. The molecule has 2 amide bonds. The van der Waals surface area contributed by atoms with Crippen molar-refractivity contribution in [2.45, 2.75) is 0 Å². The number of carbonyl (C=O) groups excluding carboxylic acids is 2. The zero-order valence-corrected chi connectivity index (χ0v) is 12.6. The van der Waals surface area contributed by atoms with Crippen molar-refractivity contribution in [3.63, 3.8) is 0 Å². The van der Waals surface area contributed by atoms with Crippen molar-refractivity contribution in [1.29, 1.82) is 10.5 Å². The fourth-order valence-electron chi connectivity index (χ4n) is 1.76. The van der Waals surface area contributed by atoms with Crippen molar-refractivity contribution >= 4 is 34.9 Å². The lowest BCUT2D eigenvalue weighted by atomic mass is 10.1. The minimum atomic E-state index is -0.648. The number of carbonyl (C=O) groups is 2. The third-order valence-corrected chi connectivity index (χ3v) is 3.78. The van der Waals surface area contributed by atoms with E-state index in [1.807, 2.05) is 12.1 Å². The molecule has 0 aliphatic rings.